The highest BCUT2D eigenvalue weighted by Crippen LogP contribution is 2.18. The molecule has 0 aliphatic heterocycles. The molecule has 18 heavy (non-hydrogen) atoms. The van der Waals surface area contributed by atoms with Crippen LogP contribution in [0.3, 0.4) is 0 Å². The molecule has 0 aliphatic rings. The third kappa shape index (κ3) is 2.32. The summed E-state index contributed by atoms with van der Waals surface area (Å²) in [5.74, 6) is -1.50. The second kappa shape index (κ2) is 4.87. The molecule has 0 aliphatic carbocycles. The number of ether oxygens (including phenoxy) is 1. The molecule has 6 heteroatoms. The smallest absolute Gasteiger partial charge is 0.339 e. The molecule has 0 spiro atoms. The number of aromatic nitrogens is 2. The first kappa shape index (κ1) is 12.1. The molecule has 1 heterocycles. The van der Waals surface area contributed by atoms with Crippen LogP contribution in [-0.2, 0) is 13.7 Å². The van der Waals surface area contributed by atoms with Gasteiger partial charge in [-0.05, 0) is 12.1 Å². The molecule has 0 saturated heterocycles. The second-order valence-electron chi connectivity index (χ2n) is 3.65. The van der Waals surface area contributed by atoms with Crippen molar-refractivity contribution in [2.24, 2.45) is 7.05 Å². The molecule has 0 unspecified atom stereocenters. The number of carboxylic acids is 1. The quantitative estimate of drug-likeness (QED) is 0.899. The fourth-order valence-electron chi connectivity index (χ4n) is 1.52. The van der Waals surface area contributed by atoms with Crippen LogP contribution in [-0.4, -0.2) is 20.9 Å². The monoisotopic (exact) mass is 250 g/mol. The van der Waals surface area contributed by atoms with E-state index in [9.17, 15) is 9.18 Å². The molecule has 5 nitrogen and oxygen atoms in total. The standard InChI is InChI=1S/C12H11FN2O3/c1-15-10(8(6-14-15)12(16)17)7-18-11-5-3-2-4-9(11)13/h2-6H,7H2,1H3,(H,16,17). The van der Waals surface area contributed by atoms with Crippen LogP contribution < -0.4 is 4.74 Å². The van der Waals surface area contributed by atoms with Gasteiger partial charge in [0.25, 0.3) is 0 Å². The molecule has 0 radical (unpaired) electrons. The Morgan fingerprint density at radius 3 is 2.89 bits per heavy atom. The SMILES string of the molecule is Cn1ncc(C(=O)O)c1COc1ccccc1F. The highest BCUT2D eigenvalue weighted by Gasteiger charge is 2.15. The van der Waals surface area contributed by atoms with Crippen molar-refractivity contribution in [3.63, 3.8) is 0 Å². The average molecular weight is 250 g/mol. The Morgan fingerprint density at radius 2 is 2.22 bits per heavy atom. The molecule has 0 bridgehead atoms. The Balaban J connectivity index is 2.18. The molecular weight excluding hydrogens is 239 g/mol. The highest BCUT2D eigenvalue weighted by atomic mass is 19.1. The van der Waals surface area contributed by atoms with Crippen LogP contribution in [0.25, 0.3) is 0 Å². The van der Waals surface area contributed by atoms with Gasteiger partial charge in [0.05, 0.1) is 11.9 Å². The van der Waals surface area contributed by atoms with Crippen molar-refractivity contribution < 1.29 is 19.0 Å². The molecule has 2 rings (SSSR count). The van der Waals surface area contributed by atoms with Crippen LogP contribution in [0.4, 0.5) is 4.39 Å². The van der Waals surface area contributed by atoms with Gasteiger partial charge >= 0.3 is 5.97 Å². The van der Waals surface area contributed by atoms with E-state index in [4.69, 9.17) is 9.84 Å². The molecule has 0 atom stereocenters. The van der Waals surface area contributed by atoms with Crippen molar-refractivity contribution in [1.29, 1.82) is 0 Å². The normalized spacial score (nSPS) is 10.3. The van der Waals surface area contributed by atoms with Gasteiger partial charge in [0.15, 0.2) is 11.6 Å². The first-order valence-electron chi connectivity index (χ1n) is 5.21. The Hall–Kier alpha value is -2.37. The average Bonchev–Trinajstić information content (AvgIpc) is 2.70. The Kier molecular flexibility index (Phi) is 3.27. The summed E-state index contributed by atoms with van der Waals surface area (Å²) in [6.45, 7) is -0.0565. The minimum absolute atomic E-state index is 0.0499. The maximum Gasteiger partial charge on any atom is 0.339 e. The zero-order valence-corrected chi connectivity index (χ0v) is 9.63. The van der Waals surface area contributed by atoms with E-state index in [0.29, 0.717) is 5.69 Å². The molecular formula is C12H11FN2O3. The summed E-state index contributed by atoms with van der Waals surface area (Å²) in [5.41, 5.74) is 0.430. The molecule has 0 saturated carbocycles. The van der Waals surface area contributed by atoms with E-state index in [1.165, 1.54) is 23.0 Å². The molecule has 0 amide bonds. The maximum absolute atomic E-state index is 13.3. The van der Waals surface area contributed by atoms with E-state index in [1.54, 1.807) is 19.2 Å². The lowest BCUT2D eigenvalue weighted by Gasteiger charge is -2.08. The number of carboxylic acid groups (broad SMARTS) is 1. The van der Waals surface area contributed by atoms with E-state index < -0.39 is 11.8 Å². The first-order valence-corrected chi connectivity index (χ1v) is 5.21. The summed E-state index contributed by atoms with van der Waals surface area (Å²) in [6, 6.07) is 5.94. The minimum Gasteiger partial charge on any atom is -0.484 e. The molecule has 0 fully saturated rings. The first-order chi connectivity index (χ1) is 8.59. The van der Waals surface area contributed by atoms with Crippen molar-refractivity contribution in [2.45, 2.75) is 6.61 Å². The lowest BCUT2D eigenvalue weighted by atomic mass is 10.2. The van der Waals surface area contributed by atoms with Gasteiger partial charge in [-0.3, -0.25) is 4.68 Å². The maximum atomic E-state index is 13.3. The van der Waals surface area contributed by atoms with Gasteiger partial charge in [0.1, 0.15) is 12.2 Å². The fourth-order valence-corrected chi connectivity index (χ4v) is 1.52. The lowest BCUT2D eigenvalue weighted by molar-refractivity contribution is 0.0693. The summed E-state index contributed by atoms with van der Waals surface area (Å²) < 4.78 is 20.0. The molecule has 1 aromatic heterocycles. The number of para-hydroxylation sites is 1. The van der Waals surface area contributed by atoms with Crippen molar-refractivity contribution in [3.05, 3.63) is 47.5 Å². The molecule has 1 aromatic carbocycles. The number of benzene rings is 1. The number of aromatic carboxylic acids is 1. The summed E-state index contributed by atoms with van der Waals surface area (Å²) in [6.07, 6.45) is 1.24. The van der Waals surface area contributed by atoms with Gasteiger partial charge in [-0.1, -0.05) is 12.1 Å². The predicted molar refractivity (Wildman–Crippen MR) is 60.9 cm³/mol. The number of hydrogen-bond acceptors (Lipinski definition) is 3. The molecule has 1 N–H and O–H groups in total. The summed E-state index contributed by atoms with van der Waals surface area (Å²) in [7, 11) is 1.60. The minimum atomic E-state index is -1.09. The van der Waals surface area contributed by atoms with Crippen molar-refractivity contribution in [2.75, 3.05) is 0 Å². The van der Waals surface area contributed by atoms with Crippen LogP contribution in [0.1, 0.15) is 16.1 Å². The van der Waals surface area contributed by atoms with Crippen LogP contribution in [0.2, 0.25) is 0 Å². The second-order valence-corrected chi connectivity index (χ2v) is 3.65. The Bertz CT molecular complexity index is 580. The van der Waals surface area contributed by atoms with Gasteiger partial charge in [0.2, 0.25) is 0 Å². The largest absolute Gasteiger partial charge is 0.484 e. The van der Waals surface area contributed by atoms with E-state index in [2.05, 4.69) is 5.10 Å². The number of nitrogens with zero attached hydrogens (tertiary/aromatic N) is 2. The highest BCUT2D eigenvalue weighted by molar-refractivity contribution is 5.88. The van der Waals surface area contributed by atoms with Crippen molar-refractivity contribution in [1.82, 2.24) is 9.78 Å². The number of hydrogen-bond donors (Lipinski definition) is 1. The molecule has 94 valence electrons. The van der Waals surface area contributed by atoms with E-state index in [1.807, 2.05) is 0 Å². The van der Waals surface area contributed by atoms with Crippen LogP contribution >= 0.6 is 0 Å². The fraction of sp³-hybridized carbons (Fsp3) is 0.167. The van der Waals surface area contributed by atoms with Gasteiger partial charge in [-0.15, -0.1) is 0 Å². The number of rotatable bonds is 4. The Morgan fingerprint density at radius 1 is 1.50 bits per heavy atom. The zero-order valence-electron chi connectivity index (χ0n) is 9.63. The van der Waals surface area contributed by atoms with Crippen molar-refractivity contribution in [3.8, 4) is 5.75 Å². The third-order valence-electron chi connectivity index (χ3n) is 2.49. The Labute approximate surface area is 102 Å². The third-order valence-corrected chi connectivity index (χ3v) is 2.49. The lowest BCUT2D eigenvalue weighted by Crippen LogP contribution is -2.08. The summed E-state index contributed by atoms with van der Waals surface area (Å²) in [5, 5.41) is 12.8. The van der Waals surface area contributed by atoms with Gasteiger partial charge < -0.3 is 9.84 Å². The molecule has 2 aromatic rings. The summed E-state index contributed by atoms with van der Waals surface area (Å²) in [4.78, 5) is 10.9. The number of carbonyl (C=O) groups is 1. The van der Waals surface area contributed by atoms with Gasteiger partial charge in [-0.2, -0.15) is 5.10 Å². The van der Waals surface area contributed by atoms with Crippen LogP contribution in [0.15, 0.2) is 30.5 Å². The van der Waals surface area contributed by atoms with Gasteiger partial charge in [-0.25, -0.2) is 9.18 Å². The topological polar surface area (TPSA) is 64.4 Å². The summed E-state index contributed by atoms with van der Waals surface area (Å²) >= 11 is 0. The zero-order chi connectivity index (χ0) is 13.1. The number of aryl methyl sites for hydroxylation is 1. The number of halogens is 1. The van der Waals surface area contributed by atoms with Crippen LogP contribution in [0.5, 0.6) is 5.75 Å². The van der Waals surface area contributed by atoms with E-state index in [-0.39, 0.29) is 17.9 Å². The van der Waals surface area contributed by atoms with Crippen LogP contribution in [0, 0.1) is 5.82 Å². The predicted octanol–water partition coefficient (Wildman–Crippen LogP) is 1.84. The van der Waals surface area contributed by atoms with E-state index in [0.717, 1.165) is 0 Å². The van der Waals surface area contributed by atoms with E-state index >= 15 is 0 Å². The van der Waals surface area contributed by atoms with Gasteiger partial charge in [0, 0.05) is 7.05 Å². The van der Waals surface area contributed by atoms with Crippen molar-refractivity contribution >= 4 is 5.97 Å².